The molecule has 0 heterocycles. The van der Waals surface area contributed by atoms with E-state index in [4.69, 9.17) is 0 Å². The maximum absolute atomic E-state index is 10.7. The molecule has 0 saturated carbocycles. The van der Waals surface area contributed by atoms with E-state index in [0.717, 1.165) is 25.8 Å². The van der Waals surface area contributed by atoms with Crippen LogP contribution >= 0.6 is 0 Å². The fourth-order valence-electron chi connectivity index (χ4n) is 1.50. The van der Waals surface area contributed by atoms with E-state index < -0.39 is 0 Å². The van der Waals surface area contributed by atoms with Crippen LogP contribution in [0.1, 0.15) is 26.2 Å². The summed E-state index contributed by atoms with van der Waals surface area (Å²) in [4.78, 5) is 0. The van der Waals surface area contributed by atoms with Crippen molar-refractivity contribution in [2.24, 2.45) is 5.41 Å². The molecule has 0 saturated heterocycles. The Morgan fingerprint density at radius 2 is 2.00 bits per heavy atom. The van der Waals surface area contributed by atoms with Gasteiger partial charge >= 0.3 is 0 Å². The van der Waals surface area contributed by atoms with Crippen LogP contribution < -0.4 is 5.06 Å². The molecule has 0 radical (unpaired) electrons. The largest absolute Gasteiger partial charge is 0.634 e. The summed E-state index contributed by atoms with van der Waals surface area (Å²) in [5.41, 5.74) is 0.395. The lowest BCUT2D eigenvalue weighted by atomic mass is 9.84. The smallest absolute Gasteiger partial charge is 0.0771 e. The maximum atomic E-state index is 10.7. The van der Waals surface area contributed by atoms with Gasteiger partial charge in [0.25, 0.3) is 0 Å². The molecule has 0 aromatic rings. The van der Waals surface area contributed by atoms with Gasteiger partial charge in [-0.3, -0.25) is 0 Å². The van der Waals surface area contributed by atoms with Gasteiger partial charge in [-0.05, 0) is 18.3 Å². The summed E-state index contributed by atoms with van der Waals surface area (Å²) < 4.78 is 0. The lowest BCUT2D eigenvalue weighted by Crippen LogP contribution is -3.03. The minimum absolute atomic E-state index is 0.318. The van der Waals surface area contributed by atoms with Crippen LogP contribution in [0.15, 0.2) is 12.2 Å². The first-order chi connectivity index (χ1) is 5.12. The Morgan fingerprint density at radius 1 is 1.45 bits per heavy atom. The van der Waals surface area contributed by atoms with Crippen LogP contribution in [0.4, 0.5) is 0 Å². The molecule has 1 rings (SSSR count). The zero-order valence-electron chi connectivity index (χ0n) is 7.39. The Hall–Kier alpha value is -0.340. The van der Waals surface area contributed by atoms with Crippen molar-refractivity contribution in [3.63, 3.8) is 0 Å². The lowest BCUT2D eigenvalue weighted by Gasteiger charge is -2.26. The van der Waals surface area contributed by atoms with Crippen molar-refractivity contribution in [2.75, 3.05) is 13.6 Å². The molecule has 64 valence electrons. The van der Waals surface area contributed by atoms with Gasteiger partial charge in [-0.1, -0.05) is 19.1 Å². The van der Waals surface area contributed by atoms with E-state index in [1.807, 2.05) is 0 Å². The second-order valence-corrected chi connectivity index (χ2v) is 3.89. The third kappa shape index (κ3) is 2.64. The summed E-state index contributed by atoms with van der Waals surface area (Å²) in [7, 11) is 1.67. The number of rotatable bonds is 3. The molecule has 2 heteroatoms. The first kappa shape index (κ1) is 8.75. The van der Waals surface area contributed by atoms with E-state index in [-0.39, 0.29) is 0 Å². The average molecular weight is 155 g/mol. The molecule has 0 amide bonds. The first-order valence-electron chi connectivity index (χ1n) is 4.27. The molecule has 0 bridgehead atoms. The summed E-state index contributed by atoms with van der Waals surface area (Å²) in [6.45, 7) is 3.01. The van der Waals surface area contributed by atoms with E-state index in [0.29, 0.717) is 10.5 Å². The first-order valence-corrected chi connectivity index (χ1v) is 4.27. The van der Waals surface area contributed by atoms with Crippen molar-refractivity contribution in [1.29, 1.82) is 0 Å². The number of hydrogen-bond donors (Lipinski definition) is 1. The van der Waals surface area contributed by atoms with E-state index >= 15 is 0 Å². The van der Waals surface area contributed by atoms with Crippen molar-refractivity contribution >= 4 is 0 Å². The molecule has 1 aliphatic carbocycles. The van der Waals surface area contributed by atoms with E-state index in [1.54, 1.807) is 7.05 Å². The molecule has 1 unspecified atom stereocenters. The number of allylic oxidation sites excluding steroid dienone is 2. The van der Waals surface area contributed by atoms with E-state index in [1.165, 1.54) is 0 Å². The Morgan fingerprint density at radius 3 is 2.45 bits per heavy atom. The third-order valence-corrected chi connectivity index (χ3v) is 2.47. The average Bonchev–Trinajstić information content (AvgIpc) is 2.33. The zero-order chi connectivity index (χ0) is 8.32. The van der Waals surface area contributed by atoms with Gasteiger partial charge in [0.1, 0.15) is 0 Å². The summed E-state index contributed by atoms with van der Waals surface area (Å²) in [5.74, 6) is 0. The Bertz CT molecular complexity index is 144. The van der Waals surface area contributed by atoms with Crippen LogP contribution in [-0.2, 0) is 0 Å². The van der Waals surface area contributed by atoms with Gasteiger partial charge < -0.3 is 10.3 Å². The maximum Gasteiger partial charge on any atom is 0.0771 e. The number of quaternary nitrogens is 1. The van der Waals surface area contributed by atoms with Gasteiger partial charge in [-0.2, -0.15) is 0 Å². The van der Waals surface area contributed by atoms with Crippen LogP contribution in [0.3, 0.4) is 0 Å². The summed E-state index contributed by atoms with van der Waals surface area (Å²) >= 11 is 0. The fraction of sp³-hybridized carbons (Fsp3) is 0.778. The molecule has 0 aromatic heterocycles. The molecule has 1 N–H and O–H groups in total. The number of hydrogen-bond acceptors (Lipinski definition) is 1. The van der Waals surface area contributed by atoms with Gasteiger partial charge in [-0.15, -0.1) is 0 Å². The summed E-state index contributed by atoms with van der Waals surface area (Å²) in [5, 5.41) is 11.0. The van der Waals surface area contributed by atoms with Crippen LogP contribution in [0.25, 0.3) is 0 Å². The highest BCUT2D eigenvalue weighted by atomic mass is 16.5. The van der Waals surface area contributed by atoms with Crippen molar-refractivity contribution in [1.82, 2.24) is 0 Å². The van der Waals surface area contributed by atoms with Gasteiger partial charge in [0.15, 0.2) is 0 Å². The van der Waals surface area contributed by atoms with Crippen molar-refractivity contribution in [3.05, 3.63) is 17.4 Å². The van der Waals surface area contributed by atoms with Crippen LogP contribution in [0.5, 0.6) is 0 Å². The van der Waals surface area contributed by atoms with Crippen molar-refractivity contribution in [2.45, 2.75) is 26.2 Å². The summed E-state index contributed by atoms with van der Waals surface area (Å²) in [6.07, 6.45) is 7.80. The molecule has 0 spiro atoms. The van der Waals surface area contributed by atoms with Gasteiger partial charge in [0.05, 0.1) is 13.6 Å². The Balaban J connectivity index is 2.25. The minimum atomic E-state index is 0.318. The molecular weight excluding hydrogens is 138 g/mol. The second-order valence-electron chi connectivity index (χ2n) is 3.89. The highest BCUT2D eigenvalue weighted by Crippen LogP contribution is 2.35. The standard InChI is InChI=1S/C9H17NO/c1-9(5-3-4-6-9)7-8-10(2)11/h3-4,10H,5-8H2,1-2H3. The van der Waals surface area contributed by atoms with E-state index in [2.05, 4.69) is 19.1 Å². The normalized spacial score (nSPS) is 23.9. The Labute approximate surface area is 68.5 Å². The molecule has 0 fully saturated rings. The van der Waals surface area contributed by atoms with Crippen LogP contribution in [0, 0.1) is 10.6 Å². The fourth-order valence-corrected chi connectivity index (χ4v) is 1.50. The monoisotopic (exact) mass is 155 g/mol. The highest BCUT2D eigenvalue weighted by molar-refractivity contribution is 5.00. The highest BCUT2D eigenvalue weighted by Gasteiger charge is 2.25. The minimum Gasteiger partial charge on any atom is -0.634 e. The molecule has 0 aromatic carbocycles. The molecule has 0 aliphatic heterocycles. The van der Waals surface area contributed by atoms with Crippen molar-refractivity contribution < 1.29 is 5.06 Å². The van der Waals surface area contributed by atoms with Gasteiger partial charge in [0, 0.05) is 6.42 Å². The Kier molecular flexibility index (Phi) is 2.68. The van der Waals surface area contributed by atoms with E-state index in [9.17, 15) is 5.21 Å². The number of hydroxylamine groups is 2. The number of nitrogens with one attached hydrogen (secondary N) is 1. The molecule has 1 aliphatic rings. The van der Waals surface area contributed by atoms with Crippen LogP contribution in [-0.4, -0.2) is 13.6 Å². The molecule has 1 atom stereocenters. The topological polar surface area (TPSA) is 27.5 Å². The predicted molar refractivity (Wildman–Crippen MR) is 46.2 cm³/mol. The quantitative estimate of drug-likeness (QED) is 0.472. The molecule has 2 nitrogen and oxygen atoms in total. The predicted octanol–water partition coefficient (Wildman–Crippen LogP) is 0.745. The molecular formula is C9H17NO. The molecule has 11 heavy (non-hydrogen) atoms. The van der Waals surface area contributed by atoms with Gasteiger partial charge in [-0.25, -0.2) is 0 Å². The van der Waals surface area contributed by atoms with Crippen molar-refractivity contribution in [3.8, 4) is 0 Å². The second kappa shape index (κ2) is 3.37. The zero-order valence-corrected chi connectivity index (χ0v) is 7.39. The van der Waals surface area contributed by atoms with Crippen LogP contribution in [0.2, 0.25) is 0 Å². The SMILES string of the molecule is C[NH+]([O-])CCC1(C)CC=CC1. The lowest BCUT2D eigenvalue weighted by molar-refractivity contribution is -0.826. The summed E-state index contributed by atoms with van der Waals surface area (Å²) in [6, 6.07) is 0. The van der Waals surface area contributed by atoms with Gasteiger partial charge in [0.2, 0.25) is 0 Å². The third-order valence-electron chi connectivity index (χ3n) is 2.47.